The quantitative estimate of drug-likeness (QED) is 0.679. The molecule has 0 aliphatic carbocycles. The van der Waals surface area contributed by atoms with Crippen LogP contribution in [0.1, 0.15) is 24.1 Å². The molecular formula is C23H24N2O2. The molecule has 138 valence electrons. The maximum absolute atomic E-state index is 12.6. The molecule has 4 heteroatoms. The number of hydrogen-bond donors (Lipinski definition) is 0. The van der Waals surface area contributed by atoms with Crippen LogP contribution in [0.15, 0.2) is 71.3 Å². The summed E-state index contributed by atoms with van der Waals surface area (Å²) in [5.41, 5.74) is 3.02. The molecule has 0 saturated carbocycles. The van der Waals surface area contributed by atoms with E-state index in [0.717, 1.165) is 37.9 Å². The summed E-state index contributed by atoms with van der Waals surface area (Å²) in [6.45, 7) is 1.67. The van der Waals surface area contributed by atoms with E-state index in [9.17, 15) is 4.79 Å². The Morgan fingerprint density at radius 3 is 2.37 bits per heavy atom. The van der Waals surface area contributed by atoms with Gasteiger partial charge in [-0.3, -0.25) is 4.79 Å². The highest BCUT2D eigenvalue weighted by molar-refractivity contribution is 5.78. The van der Waals surface area contributed by atoms with Crippen molar-refractivity contribution in [1.82, 2.24) is 9.88 Å². The first kappa shape index (κ1) is 17.5. The molecule has 1 aliphatic heterocycles. The third kappa shape index (κ3) is 4.45. The fraction of sp³-hybridized carbons (Fsp3) is 0.304. The normalized spacial score (nSPS) is 15.0. The number of amides is 1. The van der Waals surface area contributed by atoms with Gasteiger partial charge in [0, 0.05) is 18.7 Å². The van der Waals surface area contributed by atoms with E-state index in [1.165, 1.54) is 5.56 Å². The molecule has 0 spiro atoms. The predicted molar refractivity (Wildman–Crippen MR) is 105 cm³/mol. The van der Waals surface area contributed by atoms with Crippen LogP contribution in [0.5, 0.6) is 0 Å². The lowest BCUT2D eigenvalue weighted by Crippen LogP contribution is -2.39. The smallest absolute Gasteiger partial charge is 0.228 e. The molecule has 3 aromatic rings. The van der Waals surface area contributed by atoms with E-state index >= 15 is 0 Å². The Morgan fingerprint density at radius 2 is 1.67 bits per heavy atom. The Kier molecular flexibility index (Phi) is 5.33. The van der Waals surface area contributed by atoms with Crippen LogP contribution in [0, 0.1) is 5.92 Å². The van der Waals surface area contributed by atoms with Gasteiger partial charge in [-0.1, -0.05) is 48.5 Å². The number of piperidine rings is 1. The largest absolute Gasteiger partial charge is 0.444 e. The van der Waals surface area contributed by atoms with Crippen LogP contribution >= 0.6 is 0 Å². The summed E-state index contributed by atoms with van der Waals surface area (Å²) in [7, 11) is 0. The van der Waals surface area contributed by atoms with E-state index in [1.807, 2.05) is 35.2 Å². The molecule has 0 atom stereocenters. The number of nitrogens with zero attached hydrogens (tertiary/aromatic N) is 2. The zero-order valence-electron chi connectivity index (χ0n) is 15.4. The summed E-state index contributed by atoms with van der Waals surface area (Å²) in [6, 6.07) is 20.4. The SMILES string of the molecule is O=C(Cc1coc(-c2ccccc2)n1)N1CCC(Cc2ccccc2)CC1. The van der Waals surface area contributed by atoms with Crippen LogP contribution in [0.25, 0.3) is 11.5 Å². The summed E-state index contributed by atoms with van der Waals surface area (Å²) in [4.78, 5) is 19.1. The van der Waals surface area contributed by atoms with Gasteiger partial charge in [-0.25, -0.2) is 4.98 Å². The molecule has 0 bridgehead atoms. The predicted octanol–water partition coefficient (Wildman–Crippen LogP) is 4.37. The minimum atomic E-state index is 0.140. The Bertz CT molecular complexity index is 866. The molecule has 27 heavy (non-hydrogen) atoms. The van der Waals surface area contributed by atoms with Gasteiger partial charge in [0.05, 0.1) is 12.1 Å². The second kappa shape index (κ2) is 8.21. The zero-order chi connectivity index (χ0) is 18.5. The molecule has 1 saturated heterocycles. The second-order valence-electron chi connectivity index (χ2n) is 7.20. The van der Waals surface area contributed by atoms with Gasteiger partial charge >= 0.3 is 0 Å². The number of benzene rings is 2. The topological polar surface area (TPSA) is 46.3 Å². The van der Waals surface area contributed by atoms with Gasteiger partial charge in [-0.2, -0.15) is 0 Å². The van der Waals surface area contributed by atoms with Gasteiger partial charge < -0.3 is 9.32 Å². The minimum Gasteiger partial charge on any atom is -0.444 e. The molecule has 1 aliphatic rings. The first-order chi connectivity index (χ1) is 13.3. The third-order valence-electron chi connectivity index (χ3n) is 5.24. The average Bonchev–Trinajstić information content (AvgIpc) is 3.18. The highest BCUT2D eigenvalue weighted by Gasteiger charge is 2.23. The maximum atomic E-state index is 12.6. The van der Waals surface area contributed by atoms with Crippen LogP contribution in [-0.2, 0) is 17.6 Å². The Labute approximate surface area is 159 Å². The summed E-state index contributed by atoms with van der Waals surface area (Å²) >= 11 is 0. The third-order valence-corrected chi connectivity index (χ3v) is 5.24. The van der Waals surface area contributed by atoms with Crippen LogP contribution in [-0.4, -0.2) is 28.9 Å². The van der Waals surface area contributed by atoms with Crippen molar-refractivity contribution >= 4 is 5.91 Å². The summed E-state index contributed by atoms with van der Waals surface area (Å²) in [5, 5.41) is 0. The summed E-state index contributed by atoms with van der Waals surface area (Å²) < 4.78 is 5.54. The van der Waals surface area contributed by atoms with E-state index < -0.39 is 0 Å². The average molecular weight is 360 g/mol. The number of carbonyl (C=O) groups excluding carboxylic acids is 1. The molecule has 2 heterocycles. The van der Waals surface area contributed by atoms with E-state index in [1.54, 1.807) is 6.26 Å². The van der Waals surface area contributed by atoms with Gasteiger partial charge in [0.15, 0.2) is 0 Å². The number of aromatic nitrogens is 1. The van der Waals surface area contributed by atoms with Gasteiger partial charge in [0.1, 0.15) is 6.26 Å². The Morgan fingerprint density at radius 1 is 1.00 bits per heavy atom. The molecule has 4 rings (SSSR count). The van der Waals surface area contributed by atoms with Crippen molar-refractivity contribution in [3.05, 3.63) is 78.2 Å². The molecule has 4 nitrogen and oxygen atoms in total. The highest BCUT2D eigenvalue weighted by Crippen LogP contribution is 2.23. The van der Waals surface area contributed by atoms with E-state index in [-0.39, 0.29) is 5.91 Å². The highest BCUT2D eigenvalue weighted by atomic mass is 16.3. The number of oxazole rings is 1. The Balaban J connectivity index is 1.29. The standard InChI is InChI=1S/C23H24N2O2/c26-22(16-21-17-27-23(24-21)20-9-5-2-6-10-20)25-13-11-19(12-14-25)15-18-7-3-1-4-8-18/h1-10,17,19H,11-16H2. The summed E-state index contributed by atoms with van der Waals surface area (Å²) in [6.07, 6.45) is 5.14. The van der Waals surface area contributed by atoms with Gasteiger partial charge in [-0.05, 0) is 42.9 Å². The molecule has 1 amide bonds. The van der Waals surface area contributed by atoms with Gasteiger partial charge in [-0.15, -0.1) is 0 Å². The first-order valence-electron chi connectivity index (χ1n) is 9.59. The van der Waals surface area contributed by atoms with Crippen molar-refractivity contribution in [3.63, 3.8) is 0 Å². The summed E-state index contributed by atoms with van der Waals surface area (Å²) in [5.74, 6) is 1.37. The van der Waals surface area contributed by atoms with Gasteiger partial charge in [0.25, 0.3) is 0 Å². The molecule has 0 radical (unpaired) electrons. The van der Waals surface area contributed by atoms with Crippen molar-refractivity contribution in [2.24, 2.45) is 5.92 Å². The second-order valence-corrected chi connectivity index (χ2v) is 7.20. The van der Waals surface area contributed by atoms with Crippen LogP contribution in [0.2, 0.25) is 0 Å². The Hall–Kier alpha value is -2.88. The number of likely N-dealkylation sites (tertiary alicyclic amines) is 1. The lowest BCUT2D eigenvalue weighted by molar-refractivity contribution is -0.131. The monoisotopic (exact) mass is 360 g/mol. The van der Waals surface area contributed by atoms with Crippen LogP contribution in [0.4, 0.5) is 0 Å². The van der Waals surface area contributed by atoms with Crippen molar-refractivity contribution < 1.29 is 9.21 Å². The molecule has 0 unspecified atom stereocenters. The number of carbonyl (C=O) groups is 1. The van der Waals surface area contributed by atoms with Gasteiger partial charge in [0.2, 0.25) is 11.8 Å². The molecule has 1 aromatic heterocycles. The first-order valence-corrected chi connectivity index (χ1v) is 9.59. The van der Waals surface area contributed by atoms with Crippen LogP contribution < -0.4 is 0 Å². The molecule has 2 aromatic carbocycles. The number of rotatable bonds is 5. The lowest BCUT2D eigenvalue weighted by Gasteiger charge is -2.32. The molecule has 1 fully saturated rings. The van der Waals surface area contributed by atoms with Crippen molar-refractivity contribution in [3.8, 4) is 11.5 Å². The lowest BCUT2D eigenvalue weighted by atomic mass is 9.90. The minimum absolute atomic E-state index is 0.140. The van der Waals surface area contributed by atoms with E-state index in [0.29, 0.717) is 23.9 Å². The van der Waals surface area contributed by atoms with Crippen molar-refractivity contribution in [2.45, 2.75) is 25.7 Å². The van der Waals surface area contributed by atoms with Crippen molar-refractivity contribution in [1.29, 1.82) is 0 Å². The molecular weight excluding hydrogens is 336 g/mol. The fourth-order valence-corrected chi connectivity index (χ4v) is 3.70. The van der Waals surface area contributed by atoms with Crippen LogP contribution in [0.3, 0.4) is 0 Å². The maximum Gasteiger partial charge on any atom is 0.228 e. The van der Waals surface area contributed by atoms with Crippen molar-refractivity contribution in [2.75, 3.05) is 13.1 Å². The number of hydrogen-bond acceptors (Lipinski definition) is 3. The van der Waals surface area contributed by atoms with E-state index in [2.05, 4.69) is 35.3 Å². The zero-order valence-corrected chi connectivity index (χ0v) is 15.4. The molecule has 0 N–H and O–H groups in total. The fourth-order valence-electron chi connectivity index (χ4n) is 3.70. The van der Waals surface area contributed by atoms with E-state index in [4.69, 9.17) is 4.42 Å².